The minimum Gasteiger partial charge on any atom is -0.492 e. The van der Waals surface area contributed by atoms with Gasteiger partial charge in [0.05, 0.1) is 17.7 Å². The fourth-order valence-corrected chi connectivity index (χ4v) is 3.53. The normalized spacial score (nSPS) is 27.1. The first-order valence-electron chi connectivity index (χ1n) is 7.62. The van der Waals surface area contributed by atoms with Gasteiger partial charge in [-0.1, -0.05) is 30.2 Å². The number of amides is 1. The van der Waals surface area contributed by atoms with Crippen LogP contribution in [0.25, 0.3) is 0 Å². The molecule has 0 bridgehead atoms. The number of para-hydroxylation sites is 1. The molecule has 2 aliphatic rings. The summed E-state index contributed by atoms with van der Waals surface area (Å²) in [5, 5.41) is 3.76. The molecule has 1 fully saturated rings. The topological polar surface area (TPSA) is 64.4 Å². The smallest absolute Gasteiger partial charge is 0.223 e. The number of carbonyl (C=O) groups excluding carboxylic acids is 1. The Kier molecular flexibility index (Phi) is 5.95. The molecule has 3 rings (SSSR count). The fraction of sp³-hybridized carbons (Fsp3) is 0.562. The van der Waals surface area contributed by atoms with Crippen LogP contribution in [0.3, 0.4) is 0 Å². The molecule has 0 radical (unpaired) electrons. The van der Waals surface area contributed by atoms with Crippen molar-refractivity contribution in [2.24, 2.45) is 11.7 Å². The molecule has 1 heterocycles. The summed E-state index contributed by atoms with van der Waals surface area (Å²) in [4.78, 5) is 12.5. The van der Waals surface area contributed by atoms with Crippen molar-refractivity contribution in [3.8, 4) is 5.75 Å². The molecular formula is C16H22Cl2N2O2. The molecule has 22 heavy (non-hydrogen) atoms. The third-order valence-corrected chi connectivity index (χ3v) is 4.73. The lowest BCUT2D eigenvalue weighted by Crippen LogP contribution is -2.40. The summed E-state index contributed by atoms with van der Waals surface area (Å²) in [5.41, 5.74) is 6.95. The predicted molar refractivity (Wildman–Crippen MR) is 89.6 cm³/mol. The van der Waals surface area contributed by atoms with Gasteiger partial charge in [0.15, 0.2) is 0 Å². The van der Waals surface area contributed by atoms with E-state index in [9.17, 15) is 4.79 Å². The van der Waals surface area contributed by atoms with Crippen molar-refractivity contribution >= 4 is 29.9 Å². The third kappa shape index (κ3) is 3.67. The van der Waals surface area contributed by atoms with Gasteiger partial charge in [0, 0.05) is 23.9 Å². The molecule has 1 aliphatic carbocycles. The molecule has 0 spiro atoms. The van der Waals surface area contributed by atoms with Gasteiger partial charge in [0.2, 0.25) is 5.91 Å². The Hall–Kier alpha value is -0.970. The molecule has 1 aromatic rings. The zero-order valence-corrected chi connectivity index (χ0v) is 14.0. The van der Waals surface area contributed by atoms with E-state index in [4.69, 9.17) is 22.1 Å². The van der Waals surface area contributed by atoms with E-state index in [2.05, 4.69) is 5.32 Å². The first-order valence-corrected chi connectivity index (χ1v) is 8.00. The Bertz CT molecular complexity index is 539. The fourth-order valence-electron chi connectivity index (χ4n) is 3.29. The monoisotopic (exact) mass is 344 g/mol. The molecule has 122 valence electrons. The summed E-state index contributed by atoms with van der Waals surface area (Å²) in [7, 11) is 0. The highest BCUT2D eigenvalue weighted by atomic mass is 35.5. The minimum absolute atomic E-state index is 0. The molecule has 4 nitrogen and oxygen atoms in total. The number of ether oxygens (including phenoxy) is 1. The van der Waals surface area contributed by atoms with Gasteiger partial charge in [-0.3, -0.25) is 4.79 Å². The van der Waals surface area contributed by atoms with Crippen molar-refractivity contribution in [3.05, 3.63) is 28.8 Å². The second-order valence-corrected chi connectivity index (χ2v) is 6.39. The highest BCUT2D eigenvalue weighted by molar-refractivity contribution is 6.32. The Morgan fingerprint density at radius 2 is 2.14 bits per heavy atom. The number of carbonyl (C=O) groups is 1. The van der Waals surface area contributed by atoms with Gasteiger partial charge in [-0.25, -0.2) is 0 Å². The Balaban J connectivity index is 0.00000176. The van der Waals surface area contributed by atoms with E-state index >= 15 is 0 Å². The van der Waals surface area contributed by atoms with E-state index in [1.54, 1.807) is 0 Å². The van der Waals surface area contributed by atoms with Gasteiger partial charge >= 0.3 is 0 Å². The number of nitrogens with one attached hydrogen (secondary N) is 1. The highest BCUT2D eigenvalue weighted by Gasteiger charge is 2.29. The van der Waals surface area contributed by atoms with Gasteiger partial charge in [-0.2, -0.15) is 0 Å². The number of halogens is 2. The number of benzene rings is 1. The summed E-state index contributed by atoms with van der Waals surface area (Å²) in [6.45, 7) is 0.575. The molecular weight excluding hydrogens is 323 g/mol. The van der Waals surface area contributed by atoms with Crippen LogP contribution in [-0.2, 0) is 4.79 Å². The summed E-state index contributed by atoms with van der Waals surface area (Å²) < 4.78 is 5.63. The zero-order valence-electron chi connectivity index (χ0n) is 12.4. The molecule has 3 unspecified atom stereocenters. The zero-order chi connectivity index (χ0) is 14.8. The van der Waals surface area contributed by atoms with Crippen LogP contribution >= 0.6 is 24.0 Å². The van der Waals surface area contributed by atoms with E-state index in [0.29, 0.717) is 17.4 Å². The van der Waals surface area contributed by atoms with Crippen LogP contribution in [0.1, 0.15) is 43.7 Å². The average Bonchev–Trinajstić information content (AvgIpc) is 2.48. The molecule has 1 amide bonds. The maximum atomic E-state index is 12.5. The maximum absolute atomic E-state index is 12.5. The number of hydrogen-bond acceptors (Lipinski definition) is 3. The largest absolute Gasteiger partial charge is 0.492 e. The second-order valence-electron chi connectivity index (χ2n) is 5.98. The second kappa shape index (κ2) is 7.53. The molecule has 1 aromatic carbocycles. The van der Waals surface area contributed by atoms with E-state index < -0.39 is 0 Å². The lowest BCUT2D eigenvalue weighted by atomic mass is 9.85. The van der Waals surface area contributed by atoms with E-state index in [0.717, 1.165) is 37.7 Å². The molecule has 0 aromatic heterocycles. The van der Waals surface area contributed by atoms with Gasteiger partial charge in [0.25, 0.3) is 0 Å². The lowest BCUT2D eigenvalue weighted by Gasteiger charge is -2.31. The summed E-state index contributed by atoms with van der Waals surface area (Å²) in [6.07, 6.45) is 4.56. The molecule has 3 atom stereocenters. The summed E-state index contributed by atoms with van der Waals surface area (Å²) in [6, 6.07) is 5.82. The van der Waals surface area contributed by atoms with E-state index in [1.165, 1.54) is 0 Å². The first kappa shape index (κ1) is 17.4. The Morgan fingerprint density at radius 1 is 1.32 bits per heavy atom. The van der Waals surface area contributed by atoms with Crippen LogP contribution in [0.4, 0.5) is 0 Å². The van der Waals surface area contributed by atoms with Crippen LogP contribution < -0.4 is 15.8 Å². The highest BCUT2D eigenvalue weighted by Crippen LogP contribution is 2.37. The summed E-state index contributed by atoms with van der Waals surface area (Å²) >= 11 is 6.16. The van der Waals surface area contributed by atoms with Crippen LogP contribution in [0.15, 0.2) is 18.2 Å². The Labute approximate surface area is 142 Å². The standard InChI is InChI=1S/C16H21ClN2O2.ClH/c17-13-6-2-5-12-14(7-8-21-15(12)13)19-16(20)10-3-1-4-11(18)9-10;/h2,5-6,10-11,14H,1,3-4,7-9,18H2,(H,19,20);1H. The van der Waals surface area contributed by atoms with Gasteiger partial charge in [0.1, 0.15) is 5.75 Å². The molecule has 1 saturated carbocycles. The summed E-state index contributed by atoms with van der Waals surface area (Å²) in [5.74, 6) is 0.860. The van der Waals surface area contributed by atoms with Crippen LogP contribution in [-0.4, -0.2) is 18.6 Å². The molecule has 1 aliphatic heterocycles. The van der Waals surface area contributed by atoms with Crippen LogP contribution in [0.2, 0.25) is 5.02 Å². The number of nitrogens with two attached hydrogens (primary N) is 1. The van der Waals surface area contributed by atoms with E-state index in [1.807, 2.05) is 18.2 Å². The van der Waals surface area contributed by atoms with Gasteiger partial charge in [-0.15, -0.1) is 12.4 Å². The quantitative estimate of drug-likeness (QED) is 0.865. The molecule has 6 heteroatoms. The maximum Gasteiger partial charge on any atom is 0.223 e. The van der Waals surface area contributed by atoms with Gasteiger partial charge < -0.3 is 15.8 Å². The predicted octanol–water partition coefficient (Wildman–Crippen LogP) is 3.22. The van der Waals surface area contributed by atoms with Crippen molar-refractivity contribution in [3.63, 3.8) is 0 Å². The average molecular weight is 345 g/mol. The number of hydrogen-bond donors (Lipinski definition) is 2. The number of rotatable bonds is 2. The third-order valence-electron chi connectivity index (χ3n) is 4.43. The van der Waals surface area contributed by atoms with Crippen LogP contribution in [0.5, 0.6) is 5.75 Å². The lowest BCUT2D eigenvalue weighted by molar-refractivity contribution is -0.127. The van der Waals surface area contributed by atoms with Gasteiger partial charge in [-0.05, 0) is 25.3 Å². The first-order chi connectivity index (χ1) is 10.1. The number of fused-ring (bicyclic) bond motifs is 1. The van der Waals surface area contributed by atoms with Crippen molar-refractivity contribution in [1.29, 1.82) is 0 Å². The van der Waals surface area contributed by atoms with Crippen LogP contribution in [0, 0.1) is 5.92 Å². The van der Waals surface area contributed by atoms with Crippen molar-refractivity contribution in [2.45, 2.75) is 44.2 Å². The van der Waals surface area contributed by atoms with E-state index in [-0.39, 0.29) is 36.3 Å². The van der Waals surface area contributed by atoms with Crippen molar-refractivity contribution < 1.29 is 9.53 Å². The molecule has 3 N–H and O–H groups in total. The van der Waals surface area contributed by atoms with Crippen molar-refractivity contribution in [2.75, 3.05) is 6.61 Å². The molecule has 0 saturated heterocycles. The van der Waals surface area contributed by atoms with Crippen molar-refractivity contribution in [1.82, 2.24) is 5.32 Å². The SMILES string of the molecule is Cl.NC1CCCC(C(=O)NC2CCOc3c(Cl)cccc32)C1. The minimum atomic E-state index is -0.0156. The Morgan fingerprint density at radius 3 is 2.91 bits per heavy atom.